The van der Waals surface area contributed by atoms with Crippen LogP contribution in [0.25, 0.3) is 0 Å². The Bertz CT molecular complexity index is 929. The molecule has 2 aromatic rings. The number of nitrogens with zero attached hydrogens (tertiary/aromatic N) is 1. The van der Waals surface area contributed by atoms with Gasteiger partial charge in [0.25, 0.3) is 10.0 Å². The minimum Gasteiger partial charge on any atom is -0.435 e. The topological polar surface area (TPSA) is 75.7 Å². The van der Waals surface area contributed by atoms with E-state index in [1.54, 1.807) is 24.3 Å². The van der Waals surface area contributed by atoms with Crippen molar-refractivity contribution in [1.29, 1.82) is 0 Å². The van der Waals surface area contributed by atoms with Gasteiger partial charge in [0.1, 0.15) is 16.0 Å². The molecule has 2 heterocycles. The Morgan fingerprint density at radius 2 is 2.00 bits per heavy atom. The van der Waals surface area contributed by atoms with Crippen molar-refractivity contribution < 1.29 is 26.7 Å². The summed E-state index contributed by atoms with van der Waals surface area (Å²) in [6.07, 6.45) is 1.07. The molecule has 3 rings (SSSR count). The lowest BCUT2D eigenvalue weighted by atomic mass is 10.2. The molecule has 1 saturated heterocycles. The first-order valence-electron chi connectivity index (χ1n) is 8.67. The van der Waals surface area contributed by atoms with E-state index in [1.807, 2.05) is 6.92 Å². The lowest BCUT2D eigenvalue weighted by Gasteiger charge is -2.22. The van der Waals surface area contributed by atoms with Gasteiger partial charge in [-0.2, -0.15) is 13.1 Å². The summed E-state index contributed by atoms with van der Waals surface area (Å²) in [5.74, 6) is -0.341. The van der Waals surface area contributed by atoms with Gasteiger partial charge in [0.15, 0.2) is 0 Å². The molecular weight excluding hydrogens is 410 g/mol. The SMILES string of the molecule is Cc1ccc(S(=O)(=O)N2CCC[C@H]2C(=O)NCc2ccc(OC(F)F)cc2)s1. The van der Waals surface area contributed by atoms with Crippen LogP contribution < -0.4 is 10.1 Å². The maximum absolute atomic E-state index is 12.8. The van der Waals surface area contributed by atoms with Crippen LogP contribution in [0.4, 0.5) is 8.78 Å². The number of amides is 1. The van der Waals surface area contributed by atoms with Crippen LogP contribution in [-0.4, -0.2) is 37.8 Å². The highest BCUT2D eigenvalue weighted by atomic mass is 32.2. The quantitative estimate of drug-likeness (QED) is 0.732. The standard InChI is InChI=1S/C18H20F2N2O4S2/c1-12-4-9-16(27-12)28(24,25)22-10-2-3-15(22)17(23)21-11-13-5-7-14(8-6-13)26-18(19)20/h4-9,15,18H,2-3,10-11H2,1H3,(H,21,23)/t15-/m0/s1. The highest BCUT2D eigenvalue weighted by Crippen LogP contribution is 2.30. The third kappa shape index (κ3) is 4.68. The number of ether oxygens (including phenoxy) is 1. The maximum Gasteiger partial charge on any atom is 0.387 e. The number of hydrogen-bond donors (Lipinski definition) is 1. The van der Waals surface area contributed by atoms with Crippen LogP contribution in [0.15, 0.2) is 40.6 Å². The van der Waals surface area contributed by atoms with E-state index in [0.717, 1.165) is 4.88 Å². The lowest BCUT2D eigenvalue weighted by molar-refractivity contribution is -0.124. The van der Waals surface area contributed by atoms with E-state index >= 15 is 0 Å². The van der Waals surface area contributed by atoms with E-state index in [-0.39, 0.29) is 22.4 Å². The van der Waals surface area contributed by atoms with E-state index in [2.05, 4.69) is 10.1 Å². The predicted molar refractivity (Wildman–Crippen MR) is 101 cm³/mol. The second-order valence-electron chi connectivity index (χ2n) is 6.38. The molecule has 0 aliphatic carbocycles. The van der Waals surface area contributed by atoms with Crippen molar-refractivity contribution in [2.45, 2.75) is 43.2 Å². The van der Waals surface area contributed by atoms with E-state index in [9.17, 15) is 22.0 Å². The summed E-state index contributed by atoms with van der Waals surface area (Å²) in [6, 6.07) is 8.45. The van der Waals surface area contributed by atoms with Crippen molar-refractivity contribution in [3.63, 3.8) is 0 Å². The average molecular weight is 430 g/mol. The third-order valence-corrected chi connectivity index (χ3v) is 7.78. The van der Waals surface area contributed by atoms with Gasteiger partial charge < -0.3 is 10.1 Å². The Balaban J connectivity index is 1.63. The van der Waals surface area contributed by atoms with Crippen molar-refractivity contribution in [3.05, 3.63) is 46.8 Å². The number of hydrogen-bond acceptors (Lipinski definition) is 5. The Labute approximate surface area is 166 Å². The molecule has 1 fully saturated rings. The zero-order valence-corrected chi connectivity index (χ0v) is 16.7. The molecule has 1 N–H and O–H groups in total. The molecular formula is C18H20F2N2O4S2. The largest absolute Gasteiger partial charge is 0.435 e. The van der Waals surface area contributed by atoms with Crippen LogP contribution in [-0.2, 0) is 21.4 Å². The number of alkyl halides is 2. The normalized spacial score (nSPS) is 17.8. The fraction of sp³-hybridized carbons (Fsp3) is 0.389. The van der Waals surface area contributed by atoms with E-state index in [4.69, 9.17) is 0 Å². The monoisotopic (exact) mass is 430 g/mol. The molecule has 1 atom stereocenters. The summed E-state index contributed by atoms with van der Waals surface area (Å²) in [5, 5.41) is 2.73. The Morgan fingerprint density at radius 1 is 1.29 bits per heavy atom. The second-order valence-corrected chi connectivity index (χ2v) is 9.78. The van der Waals surface area contributed by atoms with E-state index in [1.165, 1.54) is 27.8 Å². The van der Waals surface area contributed by atoms with Gasteiger partial charge >= 0.3 is 6.61 Å². The van der Waals surface area contributed by atoms with Gasteiger partial charge in [0.2, 0.25) is 5.91 Å². The first-order chi connectivity index (χ1) is 13.3. The molecule has 0 radical (unpaired) electrons. The number of sulfonamides is 1. The van der Waals surface area contributed by atoms with Gasteiger partial charge in [0, 0.05) is 18.0 Å². The summed E-state index contributed by atoms with van der Waals surface area (Å²) in [5.41, 5.74) is 0.691. The van der Waals surface area contributed by atoms with Crippen molar-refractivity contribution in [1.82, 2.24) is 9.62 Å². The van der Waals surface area contributed by atoms with Gasteiger partial charge in [-0.3, -0.25) is 4.79 Å². The second kappa shape index (κ2) is 8.54. The molecule has 1 amide bonds. The number of rotatable bonds is 7. The Hall–Kier alpha value is -2.04. The zero-order valence-electron chi connectivity index (χ0n) is 15.1. The number of halogens is 2. The summed E-state index contributed by atoms with van der Waals surface area (Å²) in [4.78, 5) is 13.5. The van der Waals surface area contributed by atoms with Gasteiger partial charge in [-0.25, -0.2) is 8.42 Å². The zero-order chi connectivity index (χ0) is 20.3. The van der Waals surface area contributed by atoms with Crippen molar-refractivity contribution in [2.24, 2.45) is 0 Å². The highest BCUT2D eigenvalue weighted by Gasteiger charge is 2.39. The Kier molecular flexibility index (Phi) is 6.31. The lowest BCUT2D eigenvalue weighted by Crippen LogP contribution is -2.45. The van der Waals surface area contributed by atoms with Crippen LogP contribution >= 0.6 is 11.3 Å². The van der Waals surface area contributed by atoms with Crippen LogP contribution in [0.5, 0.6) is 5.75 Å². The maximum atomic E-state index is 12.8. The van der Waals surface area contributed by atoms with Crippen molar-refractivity contribution >= 4 is 27.3 Å². The van der Waals surface area contributed by atoms with Gasteiger partial charge in [-0.15, -0.1) is 11.3 Å². The first-order valence-corrected chi connectivity index (χ1v) is 10.9. The van der Waals surface area contributed by atoms with Gasteiger partial charge in [-0.05, 0) is 49.6 Å². The molecule has 1 aromatic heterocycles. The van der Waals surface area contributed by atoms with Crippen molar-refractivity contribution in [2.75, 3.05) is 6.54 Å². The summed E-state index contributed by atoms with van der Waals surface area (Å²) >= 11 is 1.18. The number of benzene rings is 1. The minimum atomic E-state index is -3.71. The van der Waals surface area contributed by atoms with Gasteiger partial charge in [-0.1, -0.05) is 12.1 Å². The van der Waals surface area contributed by atoms with Crippen LogP contribution in [0, 0.1) is 6.92 Å². The van der Waals surface area contributed by atoms with E-state index < -0.39 is 22.7 Å². The molecule has 0 spiro atoms. The fourth-order valence-electron chi connectivity index (χ4n) is 3.05. The van der Waals surface area contributed by atoms with Crippen LogP contribution in [0.2, 0.25) is 0 Å². The van der Waals surface area contributed by atoms with Gasteiger partial charge in [0.05, 0.1) is 0 Å². The number of nitrogens with one attached hydrogen (secondary N) is 1. The minimum absolute atomic E-state index is 0.0318. The number of carbonyl (C=O) groups excluding carboxylic acids is 1. The molecule has 152 valence electrons. The number of thiophene rings is 1. The highest BCUT2D eigenvalue weighted by molar-refractivity contribution is 7.91. The smallest absolute Gasteiger partial charge is 0.387 e. The van der Waals surface area contributed by atoms with Crippen LogP contribution in [0.1, 0.15) is 23.3 Å². The first kappa shape index (κ1) is 20.7. The molecule has 6 nitrogen and oxygen atoms in total. The summed E-state index contributed by atoms with van der Waals surface area (Å²) < 4.78 is 55.8. The molecule has 28 heavy (non-hydrogen) atoms. The molecule has 1 aliphatic heterocycles. The molecule has 0 saturated carbocycles. The van der Waals surface area contributed by atoms with Crippen LogP contribution in [0.3, 0.4) is 0 Å². The number of carbonyl (C=O) groups is 1. The fourth-order valence-corrected chi connectivity index (χ4v) is 6.12. The molecule has 10 heteroatoms. The Morgan fingerprint density at radius 3 is 2.61 bits per heavy atom. The third-order valence-electron chi connectivity index (χ3n) is 4.40. The molecule has 1 aliphatic rings. The molecule has 1 aromatic carbocycles. The summed E-state index contributed by atoms with van der Waals surface area (Å²) in [6.45, 7) is -0.601. The summed E-state index contributed by atoms with van der Waals surface area (Å²) in [7, 11) is -3.71. The van der Waals surface area contributed by atoms with Crippen molar-refractivity contribution in [3.8, 4) is 5.75 Å². The molecule has 0 bridgehead atoms. The molecule has 0 unspecified atom stereocenters. The average Bonchev–Trinajstić information content (AvgIpc) is 3.30. The van der Waals surface area contributed by atoms with E-state index in [0.29, 0.717) is 24.9 Å². The number of aryl methyl sites for hydroxylation is 1. The predicted octanol–water partition coefficient (Wildman–Crippen LogP) is 3.13.